The molecule has 1 saturated heterocycles. The standard InChI is InChI=1S/C31H41FN4O3/c1-5-6-23-13-16-34(17-14-23)18-15-24-7-10-26(11-8-24)36-31(38)35(21-27(37)19-22(2)3)30(33-36)25-9-12-28(32)29(20-25)39-4/h7-12,20,22-23H,5-6,13-19,21H2,1-4H3. The molecule has 210 valence electrons. The van der Waals surface area contributed by atoms with Gasteiger partial charge in [-0.05, 0) is 80.1 Å². The number of piperidine rings is 1. The van der Waals surface area contributed by atoms with Gasteiger partial charge in [-0.25, -0.2) is 9.18 Å². The Morgan fingerprint density at radius 2 is 1.85 bits per heavy atom. The normalized spacial score (nSPS) is 14.7. The summed E-state index contributed by atoms with van der Waals surface area (Å²) in [5.74, 6) is 0.833. The number of hydrogen-bond donors (Lipinski definition) is 0. The maximum atomic E-state index is 14.1. The summed E-state index contributed by atoms with van der Waals surface area (Å²) >= 11 is 0. The van der Waals surface area contributed by atoms with E-state index in [1.807, 2.05) is 38.1 Å². The van der Waals surface area contributed by atoms with Crippen LogP contribution in [0.15, 0.2) is 47.3 Å². The molecule has 3 aromatic rings. The van der Waals surface area contributed by atoms with Crippen LogP contribution in [0.3, 0.4) is 0 Å². The lowest BCUT2D eigenvalue weighted by Gasteiger charge is -2.31. The number of aromatic nitrogens is 3. The van der Waals surface area contributed by atoms with Crippen molar-refractivity contribution < 1.29 is 13.9 Å². The molecular formula is C31H41FN4O3. The minimum atomic E-state index is -0.508. The zero-order valence-electron chi connectivity index (χ0n) is 23.7. The Morgan fingerprint density at radius 1 is 1.13 bits per heavy atom. The highest BCUT2D eigenvalue weighted by atomic mass is 19.1. The second kappa shape index (κ2) is 13.2. The van der Waals surface area contributed by atoms with Crippen molar-refractivity contribution >= 4 is 5.78 Å². The molecule has 0 radical (unpaired) electrons. The zero-order chi connectivity index (χ0) is 27.9. The van der Waals surface area contributed by atoms with E-state index in [0.29, 0.717) is 23.5 Å². The van der Waals surface area contributed by atoms with Crippen LogP contribution in [0.1, 0.15) is 58.4 Å². The van der Waals surface area contributed by atoms with Gasteiger partial charge in [0.2, 0.25) is 0 Å². The van der Waals surface area contributed by atoms with E-state index in [0.717, 1.165) is 18.9 Å². The summed E-state index contributed by atoms with van der Waals surface area (Å²) in [6.07, 6.45) is 6.50. The van der Waals surface area contributed by atoms with Gasteiger partial charge in [-0.2, -0.15) is 4.68 Å². The maximum absolute atomic E-state index is 14.1. The van der Waals surface area contributed by atoms with Crippen LogP contribution in [0.2, 0.25) is 0 Å². The molecule has 0 N–H and O–H groups in total. The van der Waals surface area contributed by atoms with Crippen LogP contribution in [0.5, 0.6) is 5.75 Å². The third-order valence-corrected chi connectivity index (χ3v) is 7.54. The van der Waals surface area contributed by atoms with E-state index in [2.05, 4.69) is 16.9 Å². The van der Waals surface area contributed by atoms with E-state index >= 15 is 0 Å². The smallest absolute Gasteiger partial charge is 0.351 e. The van der Waals surface area contributed by atoms with Gasteiger partial charge in [0.1, 0.15) is 0 Å². The Bertz CT molecular complexity index is 1300. The van der Waals surface area contributed by atoms with Crippen molar-refractivity contribution in [2.45, 2.75) is 65.8 Å². The van der Waals surface area contributed by atoms with Crippen molar-refractivity contribution in [2.24, 2.45) is 11.8 Å². The third-order valence-electron chi connectivity index (χ3n) is 7.54. The summed E-state index contributed by atoms with van der Waals surface area (Å²) in [5, 5.41) is 4.59. The predicted octanol–water partition coefficient (Wildman–Crippen LogP) is 5.52. The van der Waals surface area contributed by atoms with Crippen LogP contribution < -0.4 is 10.4 Å². The predicted molar refractivity (Wildman–Crippen MR) is 152 cm³/mol. The summed E-state index contributed by atoms with van der Waals surface area (Å²) in [6.45, 7) is 9.46. The first-order chi connectivity index (χ1) is 18.8. The van der Waals surface area contributed by atoms with Gasteiger partial charge in [-0.15, -0.1) is 5.10 Å². The number of ether oxygens (including phenoxy) is 1. The molecule has 1 aromatic heterocycles. The van der Waals surface area contributed by atoms with Gasteiger partial charge in [0, 0.05) is 18.5 Å². The van der Waals surface area contributed by atoms with E-state index in [1.54, 1.807) is 6.07 Å². The Morgan fingerprint density at radius 3 is 2.49 bits per heavy atom. The van der Waals surface area contributed by atoms with Crippen molar-refractivity contribution in [2.75, 3.05) is 26.7 Å². The highest BCUT2D eigenvalue weighted by Crippen LogP contribution is 2.26. The summed E-state index contributed by atoms with van der Waals surface area (Å²) < 4.78 is 21.9. The molecule has 4 rings (SSSR count). The van der Waals surface area contributed by atoms with E-state index in [1.165, 1.54) is 72.8 Å². The van der Waals surface area contributed by atoms with Gasteiger partial charge >= 0.3 is 5.69 Å². The molecule has 7 nitrogen and oxygen atoms in total. The van der Waals surface area contributed by atoms with Crippen LogP contribution in [-0.2, 0) is 17.8 Å². The van der Waals surface area contributed by atoms with Crippen LogP contribution in [0.25, 0.3) is 17.1 Å². The van der Waals surface area contributed by atoms with Gasteiger partial charge in [0.05, 0.1) is 19.3 Å². The quantitative estimate of drug-likeness (QED) is 0.305. The lowest BCUT2D eigenvalue weighted by Crippen LogP contribution is -2.35. The monoisotopic (exact) mass is 536 g/mol. The van der Waals surface area contributed by atoms with Crippen molar-refractivity contribution in [3.8, 4) is 22.8 Å². The average Bonchev–Trinajstić information content (AvgIpc) is 3.24. The van der Waals surface area contributed by atoms with Crippen molar-refractivity contribution in [3.05, 3.63) is 64.3 Å². The fraction of sp³-hybridized carbons (Fsp3) is 0.516. The number of ketones is 1. The van der Waals surface area contributed by atoms with Crippen LogP contribution in [-0.4, -0.2) is 51.8 Å². The molecule has 0 spiro atoms. The molecule has 1 aliphatic rings. The minimum Gasteiger partial charge on any atom is -0.494 e. The zero-order valence-corrected chi connectivity index (χ0v) is 23.7. The first kappa shape index (κ1) is 28.7. The fourth-order valence-corrected chi connectivity index (χ4v) is 5.41. The van der Waals surface area contributed by atoms with Crippen LogP contribution in [0, 0.1) is 17.7 Å². The molecule has 8 heteroatoms. The molecule has 2 heterocycles. The lowest BCUT2D eigenvalue weighted by molar-refractivity contribution is -0.120. The number of likely N-dealkylation sites (tertiary alicyclic amines) is 1. The van der Waals surface area contributed by atoms with Gasteiger partial charge < -0.3 is 9.64 Å². The first-order valence-electron chi connectivity index (χ1n) is 14.2. The molecule has 1 fully saturated rings. The van der Waals surface area contributed by atoms with Crippen LogP contribution in [0.4, 0.5) is 4.39 Å². The SMILES string of the molecule is CCCC1CCN(CCc2ccc(-n3nc(-c4ccc(F)c(OC)c4)n(CC(=O)CC(C)C)c3=O)cc2)CC1. The number of Topliss-reactive ketones (excluding diaryl/α,β-unsaturated/α-hetero) is 1. The van der Waals surface area contributed by atoms with E-state index in [4.69, 9.17) is 4.74 Å². The number of benzene rings is 2. The Kier molecular flexibility index (Phi) is 9.73. The molecule has 0 unspecified atom stereocenters. The molecule has 0 saturated carbocycles. The topological polar surface area (TPSA) is 69.4 Å². The number of hydrogen-bond acceptors (Lipinski definition) is 5. The largest absolute Gasteiger partial charge is 0.494 e. The summed E-state index contributed by atoms with van der Waals surface area (Å²) in [4.78, 5) is 28.7. The Balaban J connectivity index is 1.54. The van der Waals surface area contributed by atoms with E-state index < -0.39 is 11.5 Å². The number of carbonyl (C=O) groups excluding carboxylic acids is 1. The maximum Gasteiger partial charge on any atom is 0.351 e. The highest BCUT2D eigenvalue weighted by molar-refractivity contribution is 5.79. The number of halogens is 1. The summed E-state index contributed by atoms with van der Waals surface area (Å²) in [7, 11) is 1.38. The average molecular weight is 537 g/mol. The first-order valence-corrected chi connectivity index (χ1v) is 14.2. The van der Waals surface area contributed by atoms with Crippen LogP contribution >= 0.6 is 0 Å². The van der Waals surface area contributed by atoms with Gasteiger partial charge in [0.25, 0.3) is 0 Å². The molecule has 1 aliphatic heterocycles. The van der Waals surface area contributed by atoms with Gasteiger partial charge in [0.15, 0.2) is 23.2 Å². The number of rotatable bonds is 12. The fourth-order valence-electron chi connectivity index (χ4n) is 5.41. The second-order valence-corrected chi connectivity index (χ2v) is 11.1. The molecule has 0 aliphatic carbocycles. The lowest BCUT2D eigenvalue weighted by atomic mass is 9.92. The molecule has 0 amide bonds. The number of nitrogens with zero attached hydrogens (tertiary/aromatic N) is 4. The second-order valence-electron chi connectivity index (χ2n) is 11.1. The number of methoxy groups -OCH3 is 1. The van der Waals surface area contributed by atoms with Gasteiger partial charge in [-0.3, -0.25) is 9.36 Å². The Labute approximate surface area is 230 Å². The summed E-state index contributed by atoms with van der Waals surface area (Å²) in [5.41, 5.74) is 1.92. The third kappa shape index (κ3) is 7.24. The molecule has 0 bridgehead atoms. The van der Waals surface area contributed by atoms with Crippen molar-refractivity contribution in [3.63, 3.8) is 0 Å². The number of carbonyl (C=O) groups is 1. The van der Waals surface area contributed by atoms with E-state index in [9.17, 15) is 14.0 Å². The minimum absolute atomic E-state index is 0.0495. The Hall–Kier alpha value is -3.26. The summed E-state index contributed by atoms with van der Waals surface area (Å²) in [6, 6.07) is 12.2. The molecule has 0 atom stereocenters. The molecule has 39 heavy (non-hydrogen) atoms. The molecular weight excluding hydrogens is 495 g/mol. The van der Waals surface area contributed by atoms with Gasteiger partial charge in [-0.1, -0.05) is 45.7 Å². The van der Waals surface area contributed by atoms with Crippen molar-refractivity contribution in [1.82, 2.24) is 19.2 Å². The highest BCUT2D eigenvalue weighted by Gasteiger charge is 2.21. The molecule has 2 aromatic carbocycles. The van der Waals surface area contributed by atoms with E-state index in [-0.39, 0.29) is 24.0 Å². The van der Waals surface area contributed by atoms with Crippen molar-refractivity contribution in [1.29, 1.82) is 0 Å².